The Bertz CT molecular complexity index is 897. The highest BCUT2D eigenvalue weighted by Crippen LogP contribution is 2.33. The predicted octanol–water partition coefficient (Wildman–Crippen LogP) is 2.90. The number of carbonyl (C=O) groups excluding carboxylic acids is 2. The first kappa shape index (κ1) is 19.6. The largest absolute Gasteiger partial charge is 0.493 e. The molecule has 1 aliphatic heterocycles. The van der Waals surface area contributed by atoms with Crippen molar-refractivity contribution in [3.63, 3.8) is 0 Å². The summed E-state index contributed by atoms with van der Waals surface area (Å²) in [6.45, 7) is 0.749. The maximum absolute atomic E-state index is 13.6. The fraction of sp³-hybridized carbons (Fsp3) is 0.300. The van der Waals surface area contributed by atoms with Gasteiger partial charge in [0.15, 0.2) is 11.5 Å². The second kappa shape index (κ2) is 8.24. The Balaban J connectivity index is 1.67. The summed E-state index contributed by atoms with van der Waals surface area (Å²) < 4.78 is 37.8. The van der Waals surface area contributed by atoms with Crippen molar-refractivity contribution in [3.05, 3.63) is 53.1 Å². The summed E-state index contributed by atoms with van der Waals surface area (Å²) in [6, 6.07) is 6.94. The molecule has 0 saturated heterocycles. The number of amides is 2. The molecule has 0 fully saturated rings. The number of ether oxygens (including phenoxy) is 2. The van der Waals surface area contributed by atoms with Gasteiger partial charge in [-0.2, -0.15) is 0 Å². The zero-order chi connectivity index (χ0) is 20.3. The molecule has 1 heterocycles. The number of anilines is 1. The summed E-state index contributed by atoms with van der Waals surface area (Å²) >= 11 is 0. The molecule has 28 heavy (non-hydrogen) atoms. The van der Waals surface area contributed by atoms with E-state index in [-0.39, 0.29) is 0 Å². The quantitative estimate of drug-likeness (QED) is 0.798. The van der Waals surface area contributed by atoms with Gasteiger partial charge in [-0.15, -0.1) is 0 Å². The van der Waals surface area contributed by atoms with Gasteiger partial charge in [-0.1, -0.05) is 6.07 Å². The van der Waals surface area contributed by atoms with Crippen LogP contribution in [0.4, 0.5) is 14.5 Å². The molecule has 0 aliphatic carbocycles. The third-order valence-corrected chi connectivity index (χ3v) is 4.61. The topological polar surface area (TPSA) is 67.9 Å². The molecular weight excluding hydrogens is 370 g/mol. The summed E-state index contributed by atoms with van der Waals surface area (Å²) in [6.07, 6.45) is 0.0986. The van der Waals surface area contributed by atoms with E-state index in [9.17, 15) is 18.4 Å². The predicted molar refractivity (Wildman–Crippen MR) is 98.3 cm³/mol. The number of nitrogens with one attached hydrogen (secondary N) is 1. The van der Waals surface area contributed by atoms with Gasteiger partial charge in [0.2, 0.25) is 11.8 Å². The van der Waals surface area contributed by atoms with Gasteiger partial charge < -0.3 is 19.7 Å². The molecule has 0 spiro atoms. The average Bonchev–Trinajstić information content (AvgIpc) is 2.69. The molecule has 2 amide bonds. The molecule has 1 aliphatic rings. The summed E-state index contributed by atoms with van der Waals surface area (Å²) in [5, 5.41) is 2.13. The molecule has 0 bridgehead atoms. The monoisotopic (exact) mass is 390 g/mol. The summed E-state index contributed by atoms with van der Waals surface area (Å²) in [5.41, 5.74) is 1.39. The smallest absolute Gasteiger partial charge is 0.233 e. The van der Waals surface area contributed by atoms with E-state index in [1.165, 1.54) is 18.1 Å². The number of carbonyl (C=O) groups is 2. The van der Waals surface area contributed by atoms with Gasteiger partial charge in [0, 0.05) is 13.1 Å². The minimum absolute atomic E-state index is 0.315. The second-order valence-electron chi connectivity index (χ2n) is 6.36. The molecular formula is C20H20F2N2O4. The molecule has 0 atom stereocenters. The van der Waals surface area contributed by atoms with E-state index in [0.29, 0.717) is 31.0 Å². The van der Waals surface area contributed by atoms with Crippen molar-refractivity contribution in [2.45, 2.75) is 19.4 Å². The number of hydrogen-bond acceptors (Lipinski definition) is 4. The van der Waals surface area contributed by atoms with Crippen molar-refractivity contribution < 1.29 is 27.8 Å². The Morgan fingerprint density at radius 3 is 2.29 bits per heavy atom. The Morgan fingerprint density at radius 1 is 1.07 bits per heavy atom. The van der Waals surface area contributed by atoms with Gasteiger partial charge in [-0.05, 0) is 41.8 Å². The van der Waals surface area contributed by atoms with E-state index in [4.69, 9.17) is 9.47 Å². The van der Waals surface area contributed by atoms with Gasteiger partial charge in [0.05, 0.1) is 14.2 Å². The Hall–Kier alpha value is -3.16. The van der Waals surface area contributed by atoms with Crippen LogP contribution < -0.4 is 14.8 Å². The summed E-state index contributed by atoms with van der Waals surface area (Å²) in [5.74, 6) is -1.81. The van der Waals surface area contributed by atoms with E-state index >= 15 is 0 Å². The third kappa shape index (κ3) is 4.05. The minimum Gasteiger partial charge on any atom is -0.493 e. The summed E-state index contributed by atoms with van der Waals surface area (Å²) in [7, 11) is 3.09. The standard InChI is InChI=1S/C20H20F2N2O4/c1-27-16-8-12-6-7-24(11-13(12)9-17(16)28-2)19(26)10-18(25)23-20-14(21)4-3-5-15(20)22/h3-5,8-9H,6-7,10-11H2,1-2H3,(H,23,25). The van der Waals surface area contributed by atoms with Gasteiger partial charge in [0.25, 0.3) is 0 Å². The normalized spacial score (nSPS) is 12.9. The molecule has 2 aromatic rings. The maximum Gasteiger partial charge on any atom is 0.233 e. The number of nitrogens with zero attached hydrogens (tertiary/aromatic N) is 1. The lowest BCUT2D eigenvalue weighted by atomic mass is 9.98. The van der Waals surface area contributed by atoms with Crippen molar-refractivity contribution in [1.29, 1.82) is 0 Å². The SMILES string of the molecule is COc1cc2c(cc1OC)CN(C(=O)CC(=O)Nc1c(F)cccc1F)CC2. The van der Waals surface area contributed by atoms with Crippen LogP contribution in [0.1, 0.15) is 17.5 Å². The van der Waals surface area contributed by atoms with Crippen LogP contribution in [0.25, 0.3) is 0 Å². The van der Waals surface area contributed by atoms with Crippen LogP contribution in [0.15, 0.2) is 30.3 Å². The summed E-state index contributed by atoms with van der Waals surface area (Å²) in [4.78, 5) is 26.1. The average molecular weight is 390 g/mol. The van der Waals surface area contributed by atoms with Crippen molar-refractivity contribution in [2.75, 3.05) is 26.1 Å². The molecule has 148 valence electrons. The molecule has 0 radical (unpaired) electrons. The van der Waals surface area contributed by atoms with E-state index in [2.05, 4.69) is 5.32 Å². The number of rotatable bonds is 5. The Labute approximate surface area is 161 Å². The number of fused-ring (bicyclic) bond motifs is 1. The molecule has 1 N–H and O–H groups in total. The van der Waals surface area contributed by atoms with Crippen molar-refractivity contribution in [3.8, 4) is 11.5 Å². The maximum atomic E-state index is 13.6. The molecule has 3 rings (SSSR count). The first-order chi connectivity index (χ1) is 13.4. The zero-order valence-electron chi connectivity index (χ0n) is 15.6. The molecule has 8 heteroatoms. The van der Waals surface area contributed by atoms with E-state index in [1.807, 2.05) is 12.1 Å². The molecule has 6 nitrogen and oxygen atoms in total. The van der Waals surface area contributed by atoms with Crippen LogP contribution in [-0.2, 0) is 22.6 Å². The lowest BCUT2D eigenvalue weighted by Crippen LogP contribution is -2.37. The van der Waals surface area contributed by atoms with Crippen LogP contribution in [0.2, 0.25) is 0 Å². The van der Waals surface area contributed by atoms with Crippen LogP contribution in [0.3, 0.4) is 0 Å². The van der Waals surface area contributed by atoms with Crippen LogP contribution in [0.5, 0.6) is 11.5 Å². The van der Waals surface area contributed by atoms with Gasteiger partial charge in [0.1, 0.15) is 23.7 Å². The molecule has 2 aromatic carbocycles. The number of para-hydroxylation sites is 1. The third-order valence-electron chi connectivity index (χ3n) is 4.61. The van der Waals surface area contributed by atoms with Crippen LogP contribution >= 0.6 is 0 Å². The van der Waals surface area contributed by atoms with Crippen molar-refractivity contribution in [1.82, 2.24) is 4.90 Å². The lowest BCUT2D eigenvalue weighted by Gasteiger charge is -2.29. The lowest BCUT2D eigenvalue weighted by molar-refractivity contribution is -0.135. The zero-order valence-corrected chi connectivity index (χ0v) is 15.6. The van der Waals surface area contributed by atoms with Crippen molar-refractivity contribution in [2.24, 2.45) is 0 Å². The second-order valence-corrected chi connectivity index (χ2v) is 6.36. The van der Waals surface area contributed by atoms with Crippen LogP contribution in [-0.4, -0.2) is 37.5 Å². The molecule has 0 saturated carbocycles. The van der Waals surface area contributed by atoms with E-state index < -0.39 is 35.6 Å². The Morgan fingerprint density at radius 2 is 1.68 bits per heavy atom. The number of methoxy groups -OCH3 is 2. The van der Waals surface area contributed by atoms with Gasteiger partial charge in [-0.3, -0.25) is 9.59 Å². The van der Waals surface area contributed by atoms with E-state index in [0.717, 1.165) is 23.3 Å². The fourth-order valence-electron chi connectivity index (χ4n) is 3.15. The molecule has 0 unspecified atom stereocenters. The first-order valence-electron chi connectivity index (χ1n) is 8.68. The fourth-order valence-corrected chi connectivity index (χ4v) is 3.15. The number of benzene rings is 2. The Kier molecular flexibility index (Phi) is 5.77. The first-order valence-corrected chi connectivity index (χ1v) is 8.68. The van der Waals surface area contributed by atoms with Gasteiger partial charge in [-0.25, -0.2) is 8.78 Å². The highest BCUT2D eigenvalue weighted by molar-refractivity contribution is 6.03. The van der Waals surface area contributed by atoms with E-state index in [1.54, 1.807) is 7.11 Å². The number of halogens is 2. The minimum atomic E-state index is -0.895. The molecule has 0 aromatic heterocycles. The highest BCUT2D eigenvalue weighted by atomic mass is 19.1. The number of hydrogen-bond donors (Lipinski definition) is 1. The highest BCUT2D eigenvalue weighted by Gasteiger charge is 2.25. The van der Waals surface area contributed by atoms with Gasteiger partial charge >= 0.3 is 0 Å². The van der Waals surface area contributed by atoms with Crippen LogP contribution in [0, 0.1) is 11.6 Å². The van der Waals surface area contributed by atoms with Crippen molar-refractivity contribution >= 4 is 17.5 Å².